The molecule has 134 heavy (non-hydrogen) atoms. The Morgan fingerprint density at radius 1 is 0.440 bits per heavy atom. The molecule has 26 nitrogen and oxygen atoms in total. The van der Waals surface area contributed by atoms with E-state index in [0.717, 1.165) is 118 Å². The summed E-state index contributed by atoms with van der Waals surface area (Å²) in [6.45, 7) is 14.1. The van der Waals surface area contributed by atoms with Crippen molar-refractivity contribution < 1.29 is 55.6 Å². The number of nitrogens with one attached hydrogen (secondary N) is 5. The fourth-order valence-corrected chi connectivity index (χ4v) is 18.7. The average molecular weight is 1960 g/mol. The van der Waals surface area contributed by atoms with Gasteiger partial charge in [0.15, 0.2) is 0 Å². The minimum absolute atomic E-state index is 0. The molecule has 5 atom stereocenters. The Labute approximate surface area is 846 Å². The predicted molar refractivity (Wildman–Crippen MR) is 538 cm³/mol. The van der Waals surface area contributed by atoms with E-state index in [1.54, 1.807) is 30.6 Å². The van der Waals surface area contributed by atoms with Gasteiger partial charge in [-0.1, -0.05) is 236 Å². The maximum atomic E-state index is 12.6. The van der Waals surface area contributed by atoms with Crippen molar-refractivity contribution in [2.24, 2.45) is 11.5 Å². The Balaban J connectivity index is 0.000000216. The number of carbonyl (C=O) groups is 3. The second-order valence-electron chi connectivity index (χ2n) is 32.1. The van der Waals surface area contributed by atoms with Crippen LogP contribution < -0.4 is 67.6 Å². The number of aryl methyl sites for hydroxylation is 5. The number of carbonyl (C=O) groups excluding carboxylic acids is 3. The van der Waals surface area contributed by atoms with Crippen LogP contribution >= 0.6 is 81.2 Å². The van der Waals surface area contributed by atoms with Crippen LogP contribution in [0.2, 0.25) is 36.1 Å². The van der Waals surface area contributed by atoms with E-state index in [0.29, 0.717) is 122 Å². The summed E-state index contributed by atoms with van der Waals surface area (Å²) in [4.78, 5) is 87.7. The first-order valence-electron chi connectivity index (χ1n) is 43.7. The Hall–Kier alpha value is -9.50. The van der Waals surface area contributed by atoms with Gasteiger partial charge in [-0.15, -0.1) is 0 Å². The molecule has 701 valence electrons. The van der Waals surface area contributed by atoms with E-state index >= 15 is 0 Å². The van der Waals surface area contributed by atoms with E-state index in [9.17, 15) is 14.4 Å². The zero-order valence-corrected chi connectivity index (χ0v) is 82.0. The summed E-state index contributed by atoms with van der Waals surface area (Å²) in [6, 6.07) is 52.1. The zero-order valence-electron chi connectivity index (χ0n) is 75.8. The van der Waals surface area contributed by atoms with E-state index in [2.05, 4.69) is 241 Å². The predicted octanol–water partition coefficient (Wildman–Crippen LogP) is 16.7. The second kappa shape index (κ2) is 55.0. The number of halogens is 7. The van der Waals surface area contributed by atoms with Crippen LogP contribution in [0.25, 0.3) is 0 Å². The Morgan fingerprint density at radius 3 is 1.12 bits per heavy atom. The molecule has 3 radical (unpaired) electrons. The molecular formula is C99H117BCl7N21NaO5. The van der Waals surface area contributed by atoms with Gasteiger partial charge < -0.3 is 54.5 Å². The van der Waals surface area contributed by atoms with E-state index in [-0.39, 0.29) is 121 Å². The number of aromatic nitrogens is 12. The summed E-state index contributed by atoms with van der Waals surface area (Å²) in [7, 11) is 0. The number of imide groups is 1. The van der Waals surface area contributed by atoms with Crippen LogP contribution in [0.4, 0.5) is 29.1 Å². The first kappa shape index (κ1) is 110. The standard InChI is InChI=1S/C23H19ClN4O2.C15H17ClN4.C15H16ClN3O.C15H16N4.C9H11N.C8H19N.C6H6Cl2N2O.C6H4Cl2N2O.2CH4.B.Na.H/c24-20-18(11-12-28-22(29)16-7-3-4-8-17(16)23(28)30)21(26-13-25-20)27-19-10-9-14-5-1-2-6-15(14)19;16-14-12(7-8-17)15(19-9-18-14)20-13-6-5-10-3-1-2-4-11(10)13;16-14-12(7-8-20)15(18-9-17-14)19-13-6-5-10-3-1-2-4-11(10)13;1-2-4-11-10(3-1)5-6-13(11)19-15-12-7-8-16-14(12)17-9-18-15;10-9-6-5-7-3-1-2-4-8(7)9;1-6-9(7(2)3)8(4)5;2*7-5-4(1-2-11)6(8)10-3-9-5;;;;;/h1-8,13,19H,9-12H2,(H,25,26,27);1-4,9,13H,5-8,17H2,(H,18,19,20);1-4,9,13,20H,5-8H2,(H,17,18,19);1-4,9,13H,5-8H2,(H2,16,17,18,19);1-4,9H,5-6,10H2;7-8H,6H2,1-5H3;3,11H,1-2H2;2-3H,1H2;2*1H4;;;/q;;;;;;;;;;;+1;-1/t19-;3*13-;9-;;;;;;;;/m00000......../s1. The van der Waals surface area contributed by atoms with E-state index in [1.165, 1.54) is 97.7 Å². The second-order valence-corrected chi connectivity index (χ2v) is 34.6. The van der Waals surface area contributed by atoms with Crippen LogP contribution in [0.3, 0.4) is 0 Å². The van der Waals surface area contributed by atoms with Gasteiger partial charge in [0.2, 0.25) is 0 Å². The van der Waals surface area contributed by atoms with Crippen molar-refractivity contribution in [1.29, 1.82) is 0 Å². The zero-order chi connectivity index (χ0) is 92.2. The van der Waals surface area contributed by atoms with Crippen molar-refractivity contribution in [3.8, 4) is 0 Å². The molecule has 12 aromatic rings. The summed E-state index contributed by atoms with van der Waals surface area (Å²) >= 11 is 41.2. The number of anilines is 5. The van der Waals surface area contributed by atoms with Crippen LogP contribution in [0.5, 0.6) is 0 Å². The molecule has 5 aliphatic carbocycles. The van der Waals surface area contributed by atoms with Crippen LogP contribution in [0, 0.1) is 0 Å². The van der Waals surface area contributed by atoms with Crippen molar-refractivity contribution in [3.63, 3.8) is 0 Å². The van der Waals surface area contributed by atoms with Crippen molar-refractivity contribution in [2.75, 3.05) is 66.0 Å². The van der Waals surface area contributed by atoms with Gasteiger partial charge in [-0.2, -0.15) is 0 Å². The van der Waals surface area contributed by atoms with Gasteiger partial charge in [0.1, 0.15) is 109 Å². The summed E-state index contributed by atoms with van der Waals surface area (Å²) in [6.07, 6.45) is 23.1. The van der Waals surface area contributed by atoms with Gasteiger partial charge in [-0.3, -0.25) is 19.4 Å². The molecule has 0 bridgehead atoms. The molecule has 35 heteroatoms. The number of amides is 2. The molecule has 0 saturated carbocycles. The van der Waals surface area contributed by atoms with Crippen molar-refractivity contribution in [3.05, 3.63) is 320 Å². The van der Waals surface area contributed by atoms with Gasteiger partial charge >= 0.3 is 29.6 Å². The van der Waals surface area contributed by atoms with Gasteiger partial charge in [0, 0.05) is 105 Å². The quantitative estimate of drug-likeness (QED) is 0.0132. The van der Waals surface area contributed by atoms with Gasteiger partial charge in [-0.25, -0.2) is 59.8 Å². The molecule has 2 aliphatic heterocycles. The fraction of sp³-hybridized carbons (Fsp3) is 0.364. The number of nitrogens with two attached hydrogens (primary N) is 2. The molecule has 7 aliphatic rings. The summed E-state index contributed by atoms with van der Waals surface area (Å²) in [5.41, 5.74) is 30.8. The van der Waals surface area contributed by atoms with Crippen LogP contribution in [-0.2, 0) is 75.4 Å². The number of hydrogen-bond acceptors (Lipinski definition) is 25. The summed E-state index contributed by atoms with van der Waals surface area (Å²) in [5, 5.41) is 37.4. The van der Waals surface area contributed by atoms with Crippen molar-refractivity contribution >= 4 is 137 Å². The number of benzene rings is 6. The minimum Gasteiger partial charge on any atom is -1.00 e. The third-order valence-electron chi connectivity index (χ3n) is 23.5. The third kappa shape index (κ3) is 28.8. The number of aliphatic hydroxyl groups excluding tert-OH is 2. The monoisotopic (exact) mass is 1960 g/mol. The molecule has 0 spiro atoms. The number of nitrogens with zero attached hydrogens (tertiary/aromatic N) is 14. The Bertz CT molecular complexity index is 5640. The number of hydrogen-bond donors (Lipinski definition) is 9. The maximum Gasteiger partial charge on any atom is 1.00 e. The molecule has 2 amide bonds. The van der Waals surface area contributed by atoms with Crippen molar-refractivity contribution in [1.82, 2.24) is 69.6 Å². The molecule has 6 aromatic heterocycles. The van der Waals surface area contributed by atoms with E-state index in [1.807, 2.05) is 6.07 Å². The average Bonchev–Trinajstić information content (AvgIpc) is 1.62. The molecule has 6 aromatic carbocycles. The topological polar surface area (TPSA) is 365 Å². The molecule has 11 N–H and O–H groups in total. The minimum atomic E-state index is -0.275. The van der Waals surface area contributed by atoms with Crippen LogP contribution in [-0.4, -0.2) is 158 Å². The molecule has 0 saturated heterocycles. The Morgan fingerprint density at radius 2 is 0.754 bits per heavy atom. The number of rotatable bonds is 22. The number of aldehydes is 1. The van der Waals surface area contributed by atoms with Crippen LogP contribution in [0.15, 0.2) is 184 Å². The SMILES string of the molecule is C.C.CCN(C(C)C)C(C)C.NCCc1c(Cl)ncnc1N[C@H]1CCc2ccccc21.N[C@H]1CCc2ccccc21.O=C1c2ccccc2C(=O)N1CCc1c(Cl)ncnc1N[C@H]1CCc2ccccc21.O=CCc1c(Cl)ncnc1Cl.OCCc1c(Cl)ncnc1Cl.OCCc1c(Cl)ncnc1N[C@H]1CCc2ccccc21.[B].[H-].[Na+].c1ccc2c(c1)CC[C@@H]2Nc1ncnc2c1CCN2. The summed E-state index contributed by atoms with van der Waals surface area (Å²) in [5.74, 6) is 3.61. The van der Waals surface area contributed by atoms with Gasteiger partial charge in [0.05, 0.1) is 35.3 Å². The van der Waals surface area contributed by atoms with Crippen LogP contribution in [0.1, 0.15) is 223 Å². The molecule has 0 unspecified atom stereocenters. The molecule has 0 fully saturated rings. The van der Waals surface area contributed by atoms with Crippen molar-refractivity contribution in [2.45, 2.75) is 194 Å². The number of aliphatic hydroxyl groups is 2. The Kier molecular flexibility index (Phi) is 45.1. The largest absolute Gasteiger partial charge is 1.00 e. The van der Waals surface area contributed by atoms with Gasteiger partial charge in [-0.05, 0) is 192 Å². The maximum absolute atomic E-state index is 12.6. The summed E-state index contributed by atoms with van der Waals surface area (Å²) < 4.78 is 0. The fourth-order valence-electron chi connectivity index (χ4n) is 17.1. The molecule has 19 rings (SSSR count). The van der Waals surface area contributed by atoms with E-state index < -0.39 is 0 Å². The third-order valence-corrected chi connectivity index (χ3v) is 25.8. The number of fused-ring (bicyclic) bond motifs is 7. The van der Waals surface area contributed by atoms with Gasteiger partial charge in [0.25, 0.3) is 11.8 Å². The first-order chi connectivity index (χ1) is 63.1. The van der Waals surface area contributed by atoms with E-state index in [4.69, 9.17) is 103 Å². The normalized spacial score (nSPS) is 15.8. The first-order valence-corrected chi connectivity index (χ1v) is 46.4. The molecule has 8 heterocycles. The smallest absolute Gasteiger partial charge is 1.00 e. The molecular weight excluding hydrogens is 1850 g/mol.